The summed E-state index contributed by atoms with van der Waals surface area (Å²) in [6.07, 6.45) is 5.93. The highest BCUT2D eigenvalue weighted by Gasteiger charge is 2.24. The maximum Gasteiger partial charge on any atom is 0.234 e. The van der Waals surface area contributed by atoms with E-state index >= 15 is 0 Å². The predicted octanol–water partition coefficient (Wildman–Crippen LogP) is 2.25. The van der Waals surface area contributed by atoms with Gasteiger partial charge in [0.25, 0.3) is 0 Å². The van der Waals surface area contributed by atoms with Crippen LogP contribution in [0.5, 0.6) is 0 Å². The van der Waals surface area contributed by atoms with Gasteiger partial charge in [-0.15, -0.1) is 10.2 Å². The van der Waals surface area contributed by atoms with E-state index in [9.17, 15) is 0 Å². The number of hydrogen-bond acceptors (Lipinski definition) is 5. The van der Waals surface area contributed by atoms with Crippen LogP contribution in [0.15, 0.2) is 0 Å². The predicted molar refractivity (Wildman–Crippen MR) is 67.1 cm³/mol. The lowest BCUT2D eigenvalue weighted by Gasteiger charge is -2.04. The molecule has 3 rings (SSSR count). The fraction of sp³-hybridized carbons (Fsp3) is 0.727. The first kappa shape index (κ1) is 11.1. The molecular weight excluding hydrogens is 234 g/mol. The fourth-order valence-electron chi connectivity index (χ4n) is 2.41. The van der Waals surface area contributed by atoms with Crippen molar-refractivity contribution in [2.24, 2.45) is 5.73 Å². The van der Waals surface area contributed by atoms with E-state index in [4.69, 9.17) is 5.73 Å². The second-order valence-electron chi connectivity index (χ2n) is 4.69. The van der Waals surface area contributed by atoms with E-state index in [0.717, 1.165) is 22.2 Å². The lowest BCUT2D eigenvalue weighted by atomic mass is 10.1. The molecule has 2 aromatic heterocycles. The molecule has 0 saturated heterocycles. The van der Waals surface area contributed by atoms with Crippen LogP contribution in [0.2, 0.25) is 0 Å². The molecule has 0 aliphatic heterocycles. The van der Waals surface area contributed by atoms with E-state index in [1.807, 2.05) is 4.52 Å². The zero-order valence-corrected chi connectivity index (χ0v) is 10.8. The smallest absolute Gasteiger partial charge is 0.234 e. The van der Waals surface area contributed by atoms with Crippen molar-refractivity contribution in [3.05, 3.63) is 10.8 Å². The summed E-state index contributed by atoms with van der Waals surface area (Å²) < 4.78 is 1.91. The number of hydrogen-bond donors (Lipinski definition) is 1. The topological polar surface area (TPSA) is 69.1 Å². The molecule has 1 aliphatic rings. The van der Waals surface area contributed by atoms with E-state index < -0.39 is 0 Å². The van der Waals surface area contributed by atoms with Gasteiger partial charge in [0.15, 0.2) is 5.82 Å². The van der Waals surface area contributed by atoms with Crippen LogP contribution in [0.4, 0.5) is 0 Å². The lowest BCUT2D eigenvalue weighted by Crippen LogP contribution is -2.09. The van der Waals surface area contributed by atoms with E-state index in [1.165, 1.54) is 25.7 Å². The zero-order chi connectivity index (χ0) is 11.8. The van der Waals surface area contributed by atoms with E-state index in [1.54, 1.807) is 11.3 Å². The summed E-state index contributed by atoms with van der Waals surface area (Å²) in [5.74, 6) is 1.57. The molecule has 1 saturated carbocycles. The summed E-state index contributed by atoms with van der Waals surface area (Å²) in [5.41, 5.74) is 6.01. The summed E-state index contributed by atoms with van der Waals surface area (Å²) in [7, 11) is 0. The molecule has 2 N–H and O–H groups in total. The average molecular weight is 251 g/mol. The van der Waals surface area contributed by atoms with E-state index in [-0.39, 0.29) is 6.04 Å². The Morgan fingerprint density at radius 1 is 1.41 bits per heavy atom. The molecule has 6 heteroatoms. The van der Waals surface area contributed by atoms with Crippen molar-refractivity contribution in [3.8, 4) is 0 Å². The molecule has 0 spiro atoms. The number of aromatic nitrogens is 4. The number of fused-ring (bicyclic) bond motifs is 1. The third-order valence-corrected chi connectivity index (χ3v) is 4.54. The van der Waals surface area contributed by atoms with Crippen LogP contribution in [0.1, 0.15) is 61.8 Å². The third-order valence-electron chi connectivity index (χ3n) is 3.51. The summed E-state index contributed by atoms with van der Waals surface area (Å²) in [6, 6.07) is 0.0260. The van der Waals surface area contributed by atoms with Gasteiger partial charge in [-0.3, -0.25) is 0 Å². The molecule has 5 nitrogen and oxygen atoms in total. The molecule has 2 heterocycles. The molecular formula is C11H17N5S. The Kier molecular flexibility index (Phi) is 2.84. The van der Waals surface area contributed by atoms with Gasteiger partial charge in [-0.25, -0.2) is 0 Å². The molecule has 17 heavy (non-hydrogen) atoms. The maximum absolute atomic E-state index is 6.01. The molecule has 1 atom stereocenters. The van der Waals surface area contributed by atoms with Crippen LogP contribution in [0, 0.1) is 0 Å². The highest BCUT2D eigenvalue weighted by molar-refractivity contribution is 7.16. The zero-order valence-electron chi connectivity index (χ0n) is 9.96. The molecule has 1 unspecified atom stereocenters. The molecule has 92 valence electrons. The van der Waals surface area contributed by atoms with Gasteiger partial charge in [-0.2, -0.15) is 9.61 Å². The Bertz CT molecular complexity index is 511. The average Bonchev–Trinajstić information content (AvgIpc) is 3.02. The largest absolute Gasteiger partial charge is 0.322 e. The molecule has 0 aromatic carbocycles. The maximum atomic E-state index is 6.01. The van der Waals surface area contributed by atoms with Gasteiger partial charge in [0.1, 0.15) is 5.01 Å². The van der Waals surface area contributed by atoms with Gasteiger partial charge in [0.2, 0.25) is 4.96 Å². The molecule has 0 radical (unpaired) electrons. The van der Waals surface area contributed by atoms with Crippen LogP contribution in [0.3, 0.4) is 0 Å². The number of rotatable bonds is 3. The molecule has 1 fully saturated rings. The minimum atomic E-state index is 0.0260. The minimum absolute atomic E-state index is 0.0260. The van der Waals surface area contributed by atoms with Gasteiger partial charge in [0.05, 0.1) is 6.04 Å². The highest BCUT2D eigenvalue weighted by atomic mass is 32.1. The van der Waals surface area contributed by atoms with Crippen LogP contribution < -0.4 is 5.73 Å². The minimum Gasteiger partial charge on any atom is -0.322 e. The first-order chi connectivity index (χ1) is 8.29. The molecule has 0 bridgehead atoms. The van der Waals surface area contributed by atoms with Gasteiger partial charge in [-0.05, 0) is 19.3 Å². The van der Waals surface area contributed by atoms with Crippen LogP contribution in [-0.2, 0) is 0 Å². The molecule has 1 aliphatic carbocycles. The quantitative estimate of drug-likeness (QED) is 0.908. The Balaban J connectivity index is 1.99. The van der Waals surface area contributed by atoms with Crippen molar-refractivity contribution in [1.82, 2.24) is 19.8 Å². The highest BCUT2D eigenvalue weighted by Crippen LogP contribution is 2.34. The van der Waals surface area contributed by atoms with Crippen molar-refractivity contribution < 1.29 is 0 Å². The van der Waals surface area contributed by atoms with Crippen molar-refractivity contribution in [2.45, 2.75) is 51.0 Å². The Morgan fingerprint density at radius 3 is 2.88 bits per heavy atom. The van der Waals surface area contributed by atoms with Gasteiger partial charge < -0.3 is 5.73 Å². The lowest BCUT2D eigenvalue weighted by molar-refractivity contribution is 0.622. The summed E-state index contributed by atoms with van der Waals surface area (Å²) in [5, 5.41) is 14.0. The van der Waals surface area contributed by atoms with Gasteiger partial charge in [0, 0.05) is 5.92 Å². The van der Waals surface area contributed by atoms with Gasteiger partial charge >= 0.3 is 0 Å². The summed E-state index contributed by atoms with van der Waals surface area (Å²) in [4.78, 5) is 0.880. The number of nitrogens with two attached hydrogens (primary N) is 1. The number of nitrogens with zero attached hydrogens (tertiary/aromatic N) is 4. The van der Waals surface area contributed by atoms with Crippen molar-refractivity contribution in [1.29, 1.82) is 0 Å². The van der Waals surface area contributed by atoms with Crippen LogP contribution >= 0.6 is 11.3 Å². The van der Waals surface area contributed by atoms with Crippen LogP contribution in [0.25, 0.3) is 4.96 Å². The SMILES string of the molecule is CCC(N)c1nn2c(C3CCCC3)nnc2s1. The second kappa shape index (κ2) is 4.34. The third kappa shape index (κ3) is 1.85. The Hall–Kier alpha value is -1.01. The second-order valence-corrected chi connectivity index (χ2v) is 5.68. The molecule has 2 aromatic rings. The monoisotopic (exact) mass is 251 g/mol. The summed E-state index contributed by atoms with van der Waals surface area (Å²) >= 11 is 1.56. The Morgan fingerprint density at radius 2 is 2.18 bits per heavy atom. The molecule has 0 amide bonds. The fourth-order valence-corrected chi connectivity index (χ4v) is 3.34. The standard InChI is InChI=1S/C11H17N5S/c1-2-8(12)10-15-16-9(7-5-3-4-6-7)13-14-11(16)17-10/h7-8H,2-6,12H2,1H3. The van der Waals surface area contributed by atoms with Crippen molar-refractivity contribution in [2.75, 3.05) is 0 Å². The van der Waals surface area contributed by atoms with Crippen molar-refractivity contribution >= 4 is 16.3 Å². The first-order valence-corrected chi connectivity index (χ1v) is 7.09. The van der Waals surface area contributed by atoms with E-state index in [0.29, 0.717) is 5.92 Å². The van der Waals surface area contributed by atoms with Crippen LogP contribution in [-0.4, -0.2) is 19.8 Å². The Labute approximate surface area is 104 Å². The van der Waals surface area contributed by atoms with Crippen molar-refractivity contribution in [3.63, 3.8) is 0 Å². The first-order valence-electron chi connectivity index (χ1n) is 6.27. The van der Waals surface area contributed by atoms with Gasteiger partial charge in [-0.1, -0.05) is 31.1 Å². The summed E-state index contributed by atoms with van der Waals surface area (Å²) in [6.45, 7) is 2.07. The van der Waals surface area contributed by atoms with E-state index in [2.05, 4.69) is 22.2 Å². The normalized spacial score (nSPS) is 19.2.